The van der Waals surface area contributed by atoms with Gasteiger partial charge in [-0.1, -0.05) is 66.7 Å². The number of methoxy groups -OCH3 is 1. The van der Waals surface area contributed by atoms with E-state index in [4.69, 9.17) is 9.47 Å². The summed E-state index contributed by atoms with van der Waals surface area (Å²) in [5.41, 5.74) is 3.17. The molecule has 4 aromatic rings. The van der Waals surface area contributed by atoms with E-state index in [1.165, 1.54) is 29.5 Å². The molecule has 3 atom stereocenters. The number of hydrogen-bond donors (Lipinski definition) is 1. The van der Waals surface area contributed by atoms with Gasteiger partial charge in [0.05, 0.1) is 12.7 Å². The molecule has 0 amide bonds. The average Bonchev–Trinajstić information content (AvgIpc) is 2.92. The summed E-state index contributed by atoms with van der Waals surface area (Å²) in [6.07, 6.45) is 1.56. The van der Waals surface area contributed by atoms with Crippen LogP contribution in [0.2, 0.25) is 0 Å². The first-order chi connectivity index (χ1) is 17.5. The number of nitrogens with one attached hydrogen (secondary N) is 1. The molecule has 4 nitrogen and oxygen atoms in total. The number of hydrogen-bond acceptors (Lipinski definition) is 4. The minimum Gasteiger partial charge on any atom is -0.490 e. The van der Waals surface area contributed by atoms with E-state index in [0.717, 1.165) is 36.3 Å². The normalized spacial score (nSPS) is 17.8. The van der Waals surface area contributed by atoms with E-state index < -0.39 is 11.8 Å². The lowest BCUT2D eigenvalue weighted by molar-refractivity contribution is 0.0595. The Kier molecular flexibility index (Phi) is 7.01. The number of ether oxygens (including phenoxy) is 2. The standard InChI is InChI=1S/C31H30FNO3/c1-20(24-12-7-9-21-8-3-4-10-25(21)24)33-17-16-23-19-27(26-11-5-6-13-30(26)36-23)22-14-15-29(32)28(18-22)31(34)35-2/h3-15,18,20,23,27,33H,16-17,19H2,1-2H3/t20?,23-,27-/m1/s1. The molecule has 5 heteroatoms. The molecule has 0 fully saturated rings. The van der Waals surface area contributed by atoms with Crippen LogP contribution in [0.4, 0.5) is 4.39 Å². The maximum absolute atomic E-state index is 14.3. The van der Waals surface area contributed by atoms with Crippen molar-refractivity contribution in [2.75, 3.05) is 13.7 Å². The molecule has 0 bridgehead atoms. The molecular formula is C31H30FNO3. The first-order valence-electron chi connectivity index (χ1n) is 12.4. The molecule has 0 aliphatic carbocycles. The highest BCUT2D eigenvalue weighted by atomic mass is 19.1. The lowest BCUT2D eigenvalue weighted by Gasteiger charge is -2.33. The second-order valence-electron chi connectivity index (χ2n) is 9.33. The molecule has 1 unspecified atom stereocenters. The molecule has 0 spiro atoms. The first kappa shape index (κ1) is 24.0. The summed E-state index contributed by atoms with van der Waals surface area (Å²) in [6, 6.07) is 27.7. The van der Waals surface area contributed by atoms with Gasteiger partial charge >= 0.3 is 5.97 Å². The van der Waals surface area contributed by atoms with Gasteiger partial charge in [0.1, 0.15) is 17.7 Å². The van der Waals surface area contributed by atoms with Crippen molar-refractivity contribution in [3.8, 4) is 5.75 Å². The van der Waals surface area contributed by atoms with Crippen molar-refractivity contribution < 1.29 is 18.7 Å². The van der Waals surface area contributed by atoms with Gasteiger partial charge in [-0.05, 0) is 66.4 Å². The molecular weight excluding hydrogens is 453 g/mol. The van der Waals surface area contributed by atoms with Crippen molar-refractivity contribution in [3.63, 3.8) is 0 Å². The van der Waals surface area contributed by atoms with Gasteiger partial charge in [-0.25, -0.2) is 9.18 Å². The maximum atomic E-state index is 14.3. The van der Waals surface area contributed by atoms with E-state index in [9.17, 15) is 9.18 Å². The topological polar surface area (TPSA) is 47.6 Å². The summed E-state index contributed by atoms with van der Waals surface area (Å²) < 4.78 is 25.4. The van der Waals surface area contributed by atoms with Crippen molar-refractivity contribution in [3.05, 3.63) is 113 Å². The van der Waals surface area contributed by atoms with Gasteiger partial charge in [0.2, 0.25) is 0 Å². The van der Waals surface area contributed by atoms with Crippen LogP contribution in [0.3, 0.4) is 0 Å². The minimum absolute atomic E-state index is 0.000512. The molecule has 1 aliphatic heterocycles. The Morgan fingerprint density at radius 3 is 2.69 bits per heavy atom. The summed E-state index contributed by atoms with van der Waals surface area (Å²) >= 11 is 0. The van der Waals surface area contributed by atoms with Crippen molar-refractivity contribution in [2.45, 2.75) is 37.8 Å². The molecule has 1 aliphatic rings. The third-order valence-electron chi connectivity index (χ3n) is 7.09. The molecule has 0 saturated carbocycles. The Balaban J connectivity index is 1.32. The van der Waals surface area contributed by atoms with E-state index in [0.29, 0.717) is 0 Å². The Bertz CT molecular complexity index is 1380. The van der Waals surface area contributed by atoms with Gasteiger partial charge in [-0.3, -0.25) is 0 Å². The van der Waals surface area contributed by atoms with Crippen LogP contribution in [0.1, 0.15) is 58.8 Å². The number of benzene rings is 4. The smallest absolute Gasteiger partial charge is 0.340 e. The Morgan fingerprint density at radius 2 is 1.83 bits per heavy atom. The van der Waals surface area contributed by atoms with Gasteiger partial charge in [-0.15, -0.1) is 0 Å². The molecule has 184 valence electrons. The number of para-hydroxylation sites is 1. The number of carbonyl (C=O) groups is 1. The number of rotatable bonds is 7. The Morgan fingerprint density at radius 1 is 1.06 bits per heavy atom. The van der Waals surface area contributed by atoms with Crippen molar-refractivity contribution in [2.24, 2.45) is 0 Å². The first-order valence-corrected chi connectivity index (χ1v) is 12.4. The van der Waals surface area contributed by atoms with E-state index in [2.05, 4.69) is 54.7 Å². The van der Waals surface area contributed by atoms with Crippen LogP contribution in [0.5, 0.6) is 5.75 Å². The van der Waals surface area contributed by atoms with E-state index in [1.54, 1.807) is 12.1 Å². The van der Waals surface area contributed by atoms with E-state index in [-0.39, 0.29) is 23.6 Å². The van der Waals surface area contributed by atoms with Crippen LogP contribution < -0.4 is 10.1 Å². The number of fused-ring (bicyclic) bond motifs is 2. The zero-order valence-electron chi connectivity index (χ0n) is 20.5. The molecule has 0 aromatic heterocycles. The van der Waals surface area contributed by atoms with Crippen LogP contribution in [-0.2, 0) is 4.74 Å². The van der Waals surface area contributed by atoms with Crippen LogP contribution >= 0.6 is 0 Å². The summed E-state index contributed by atoms with van der Waals surface area (Å²) in [6.45, 7) is 2.98. The van der Waals surface area contributed by atoms with Gasteiger partial charge < -0.3 is 14.8 Å². The molecule has 36 heavy (non-hydrogen) atoms. The molecule has 5 rings (SSSR count). The molecule has 1 heterocycles. The van der Waals surface area contributed by atoms with E-state index in [1.807, 2.05) is 24.3 Å². The second kappa shape index (κ2) is 10.5. The maximum Gasteiger partial charge on any atom is 0.340 e. The van der Waals surface area contributed by atoms with Crippen molar-refractivity contribution in [1.29, 1.82) is 0 Å². The summed E-state index contributed by atoms with van der Waals surface area (Å²) in [7, 11) is 1.26. The predicted molar refractivity (Wildman–Crippen MR) is 140 cm³/mol. The zero-order chi connectivity index (χ0) is 25.1. The highest BCUT2D eigenvalue weighted by Gasteiger charge is 2.30. The van der Waals surface area contributed by atoms with E-state index >= 15 is 0 Å². The Labute approximate surface area is 211 Å². The highest BCUT2D eigenvalue weighted by molar-refractivity contribution is 5.90. The van der Waals surface area contributed by atoms with Crippen LogP contribution in [0.25, 0.3) is 10.8 Å². The third-order valence-corrected chi connectivity index (χ3v) is 7.09. The lowest BCUT2D eigenvalue weighted by Crippen LogP contribution is -2.31. The fourth-order valence-electron chi connectivity index (χ4n) is 5.21. The van der Waals surface area contributed by atoms with Crippen LogP contribution in [0, 0.1) is 5.82 Å². The molecule has 0 radical (unpaired) electrons. The minimum atomic E-state index is -0.669. The summed E-state index contributed by atoms with van der Waals surface area (Å²) in [4.78, 5) is 12.1. The Hall–Kier alpha value is -3.70. The van der Waals surface area contributed by atoms with Gasteiger partial charge in [0.25, 0.3) is 0 Å². The van der Waals surface area contributed by atoms with Gasteiger partial charge in [-0.2, -0.15) is 0 Å². The summed E-state index contributed by atoms with van der Waals surface area (Å²) in [5.74, 6) is -0.406. The monoisotopic (exact) mass is 483 g/mol. The quantitative estimate of drug-likeness (QED) is 0.294. The van der Waals surface area contributed by atoms with Gasteiger partial charge in [0, 0.05) is 17.5 Å². The van der Waals surface area contributed by atoms with Crippen LogP contribution in [-0.4, -0.2) is 25.7 Å². The highest BCUT2D eigenvalue weighted by Crippen LogP contribution is 2.41. The number of esters is 1. The molecule has 1 N–H and O–H groups in total. The number of carbonyl (C=O) groups excluding carboxylic acids is 1. The second-order valence-corrected chi connectivity index (χ2v) is 9.33. The third kappa shape index (κ3) is 4.84. The average molecular weight is 484 g/mol. The van der Waals surface area contributed by atoms with Crippen molar-refractivity contribution in [1.82, 2.24) is 5.32 Å². The fourth-order valence-corrected chi connectivity index (χ4v) is 5.21. The predicted octanol–water partition coefficient (Wildman–Crippen LogP) is 6.79. The fraction of sp³-hybridized carbons (Fsp3) is 0.258. The van der Waals surface area contributed by atoms with Crippen LogP contribution in [0.15, 0.2) is 84.9 Å². The van der Waals surface area contributed by atoms with Crippen molar-refractivity contribution >= 4 is 16.7 Å². The SMILES string of the molecule is COC(=O)c1cc([C@H]2C[C@@H](CCNC(C)c3cccc4ccccc34)Oc3ccccc32)ccc1F. The zero-order valence-corrected chi connectivity index (χ0v) is 20.5. The lowest BCUT2D eigenvalue weighted by atomic mass is 9.83. The van der Waals surface area contributed by atoms with Gasteiger partial charge in [0.15, 0.2) is 0 Å². The summed E-state index contributed by atoms with van der Waals surface area (Å²) in [5, 5.41) is 6.17. The largest absolute Gasteiger partial charge is 0.490 e. The number of halogens is 1. The molecule has 0 saturated heterocycles. The molecule has 4 aromatic carbocycles.